The first-order valence-electron chi connectivity index (χ1n) is 2.37. The summed E-state index contributed by atoms with van der Waals surface area (Å²) in [5.74, 6) is 5.51. The Morgan fingerprint density at radius 2 is 2.56 bits per heavy atom. The Hall–Kier alpha value is -0.320. The van der Waals surface area contributed by atoms with Gasteiger partial charge in [0.1, 0.15) is 18.6 Å². The molecule has 0 aliphatic rings. The molecule has 1 aromatic rings. The molecule has 1 rings (SSSR count). The van der Waals surface area contributed by atoms with Crippen LogP contribution in [0, 0.1) is 0 Å². The Labute approximate surface area is 60.9 Å². The highest BCUT2D eigenvalue weighted by molar-refractivity contribution is 9.10. The van der Waals surface area contributed by atoms with Gasteiger partial charge in [-0.1, -0.05) is 0 Å². The van der Waals surface area contributed by atoms with E-state index in [1.165, 1.54) is 0 Å². The summed E-state index contributed by atoms with van der Waals surface area (Å²) in [6.07, 6.45) is 1.58. The number of halogens is 1. The van der Waals surface area contributed by atoms with E-state index in [0.717, 1.165) is 4.47 Å². The van der Waals surface area contributed by atoms with Gasteiger partial charge in [0, 0.05) is 0 Å². The minimum absolute atomic E-state index is 0.311. The molecular weight excluding hydrogens is 186 g/mol. The van der Waals surface area contributed by atoms with Gasteiger partial charge in [0.25, 0.3) is 0 Å². The summed E-state index contributed by atoms with van der Waals surface area (Å²) in [6.45, 7) is 0.311. The molecule has 0 aliphatic carbocycles. The van der Waals surface area contributed by atoms with E-state index in [-0.39, 0.29) is 0 Å². The van der Waals surface area contributed by atoms with Crippen LogP contribution in [0.15, 0.2) is 21.2 Å². The second kappa shape index (κ2) is 3.00. The lowest BCUT2D eigenvalue weighted by molar-refractivity contribution is 0.108. The standard InChI is InChI=1S/C5H6BrNO2/c6-4-1-5(3-9-7)8-2-4/h1-2H,3,7H2. The second-order valence-electron chi connectivity index (χ2n) is 1.54. The molecular formula is C5H6BrNO2. The highest BCUT2D eigenvalue weighted by atomic mass is 79.9. The van der Waals surface area contributed by atoms with E-state index < -0.39 is 0 Å². The predicted molar refractivity (Wildman–Crippen MR) is 35.4 cm³/mol. The molecule has 0 atom stereocenters. The van der Waals surface area contributed by atoms with Crippen molar-refractivity contribution in [2.45, 2.75) is 6.61 Å². The van der Waals surface area contributed by atoms with Crippen molar-refractivity contribution in [3.05, 3.63) is 22.6 Å². The van der Waals surface area contributed by atoms with E-state index in [2.05, 4.69) is 20.8 Å². The van der Waals surface area contributed by atoms with Crippen LogP contribution in [-0.4, -0.2) is 0 Å². The molecule has 0 fully saturated rings. The van der Waals surface area contributed by atoms with Gasteiger partial charge in [-0.05, 0) is 22.0 Å². The third-order valence-corrected chi connectivity index (χ3v) is 1.26. The molecule has 0 amide bonds. The summed E-state index contributed by atoms with van der Waals surface area (Å²) in [5.41, 5.74) is 0. The van der Waals surface area contributed by atoms with Crippen molar-refractivity contribution in [2.24, 2.45) is 5.90 Å². The van der Waals surface area contributed by atoms with Crippen LogP contribution in [0.25, 0.3) is 0 Å². The Bertz CT molecular complexity index is 187. The van der Waals surface area contributed by atoms with Gasteiger partial charge in [0.05, 0.1) is 4.47 Å². The van der Waals surface area contributed by atoms with Crippen molar-refractivity contribution in [3.63, 3.8) is 0 Å². The van der Waals surface area contributed by atoms with Crippen LogP contribution < -0.4 is 5.90 Å². The lowest BCUT2D eigenvalue weighted by Crippen LogP contribution is -1.96. The summed E-state index contributed by atoms with van der Waals surface area (Å²) in [6, 6.07) is 1.80. The smallest absolute Gasteiger partial charge is 0.132 e. The van der Waals surface area contributed by atoms with Crippen molar-refractivity contribution in [2.75, 3.05) is 0 Å². The Balaban J connectivity index is 2.61. The summed E-state index contributed by atoms with van der Waals surface area (Å²) in [4.78, 5) is 4.33. The van der Waals surface area contributed by atoms with Crippen molar-refractivity contribution in [1.29, 1.82) is 0 Å². The maximum absolute atomic E-state index is 4.95. The largest absolute Gasteiger partial charge is 0.466 e. The van der Waals surface area contributed by atoms with Crippen LogP contribution in [0.5, 0.6) is 0 Å². The highest BCUT2D eigenvalue weighted by Gasteiger charge is 1.96. The first kappa shape index (κ1) is 6.80. The molecule has 0 unspecified atom stereocenters. The van der Waals surface area contributed by atoms with Gasteiger partial charge in [-0.15, -0.1) is 0 Å². The van der Waals surface area contributed by atoms with Crippen molar-refractivity contribution >= 4 is 15.9 Å². The topological polar surface area (TPSA) is 48.4 Å². The molecule has 0 saturated heterocycles. The minimum atomic E-state index is 0.311. The van der Waals surface area contributed by atoms with Gasteiger partial charge in [0.15, 0.2) is 0 Å². The summed E-state index contributed by atoms with van der Waals surface area (Å²) < 4.78 is 5.85. The maximum atomic E-state index is 4.95. The van der Waals surface area contributed by atoms with Gasteiger partial charge in [-0.3, -0.25) is 4.84 Å². The number of furan rings is 1. The third kappa shape index (κ3) is 1.82. The zero-order chi connectivity index (χ0) is 6.69. The van der Waals surface area contributed by atoms with E-state index in [0.29, 0.717) is 12.4 Å². The van der Waals surface area contributed by atoms with Gasteiger partial charge in [0.2, 0.25) is 0 Å². The molecule has 0 bridgehead atoms. The molecule has 0 saturated carbocycles. The number of rotatable bonds is 2. The zero-order valence-electron chi connectivity index (χ0n) is 4.63. The van der Waals surface area contributed by atoms with Crippen LogP contribution in [0.2, 0.25) is 0 Å². The van der Waals surface area contributed by atoms with Gasteiger partial charge in [-0.25, -0.2) is 5.90 Å². The van der Waals surface area contributed by atoms with Crippen molar-refractivity contribution < 1.29 is 9.25 Å². The first-order chi connectivity index (χ1) is 4.33. The quantitative estimate of drug-likeness (QED) is 0.721. The Morgan fingerprint density at radius 1 is 1.78 bits per heavy atom. The fourth-order valence-corrected chi connectivity index (χ4v) is 0.860. The fraction of sp³-hybridized carbons (Fsp3) is 0.200. The minimum Gasteiger partial charge on any atom is -0.466 e. The number of nitrogens with two attached hydrogens (primary N) is 1. The van der Waals surface area contributed by atoms with Gasteiger partial charge >= 0.3 is 0 Å². The summed E-state index contributed by atoms with van der Waals surface area (Å²) in [5, 5.41) is 0. The van der Waals surface area contributed by atoms with Crippen LogP contribution in [0.1, 0.15) is 5.76 Å². The fourth-order valence-electron chi connectivity index (χ4n) is 0.512. The first-order valence-corrected chi connectivity index (χ1v) is 3.17. The summed E-state index contributed by atoms with van der Waals surface area (Å²) >= 11 is 3.21. The van der Waals surface area contributed by atoms with Gasteiger partial charge in [-0.2, -0.15) is 0 Å². The normalized spacial score (nSPS) is 10.0. The molecule has 50 valence electrons. The summed E-state index contributed by atoms with van der Waals surface area (Å²) in [7, 11) is 0. The Morgan fingerprint density at radius 3 is 3.00 bits per heavy atom. The third-order valence-electron chi connectivity index (χ3n) is 0.847. The molecule has 2 N–H and O–H groups in total. The zero-order valence-corrected chi connectivity index (χ0v) is 6.22. The average molecular weight is 192 g/mol. The van der Waals surface area contributed by atoms with E-state index in [4.69, 9.17) is 10.3 Å². The van der Waals surface area contributed by atoms with Crippen LogP contribution in [-0.2, 0) is 11.4 Å². The van der Waals surface area contributed by atoms with Crippen LogP contribution in [0.4, 0.5) is 0 Å². The molecule has 0 spiro atoms. The van der Waals surface area contributed by atoms with Crippen molar-refractivity contribution in [1.82, 2.24) is 0 Å². The maximum Gasteiger partial charge on any atom is 0.132 e. The van der Waals surface area contributed by atoms with Crippen LogP contribution in [0.3, 0.4) is 0 Å². The molecule has 0 aliphatic heterocycles. The molecule has 3 nitrogen and oxygen atoms in total. The number of hydrogen-bond donors (Lipinski definition) is 1. The van der Waals surface area contributed by atoms with E-state index in [1.807, 2.05) is 0 Å². The average Bonchev–Trinajstić information content (AvgIpc) is 2.17. The van der Waals surface area contributed by atoms with Crippen LogP contribution >= 0.6 is 15.9 Å². The molecule has 0 radical (unpaired) electrons. The van der Waals surface area contributed by atoms with Crippen molar-refractivity contribution in [3.8, 4) is 0 Å². The molecule has 9 heavy (non-hydrogen) atoms. The lowest BCUT2D eigenvalue weighted by atomic mass is 10.5. The van der Waals surface area contributed by atoms with E-state index >= 15 is 0 Å². The number of hydrogen-bond acceptors (Lipinski definition) is 3. The SMILES string of the molecule is NOCc1cc(Br)co1. The monoisotopic (exact) mass is 191 g/mol. The molecule has 0 aromatic carbocycles. The molecule has 4 heteroatoms. The molecule has 1 aromatic heterocycles. The molecule has 1 heterocycles. The second-order valence-corrected chi connectivity index (χ2v) is 2.46. The van der Waals surface area contributed by atoms with Gasteiger partial charge < -0.3 is 4.42 Å². The lowest BCUT2D eigenvalue weighted by Gasteiger charge is -1.88. The van der Waals surface area contributed by atoms with E-state index in [1.54, 1.807) is 12.3 Å². The van der Waals surface area contributed by atoms with E-state index in [9.17, 15) is 0 Å². The Kier molecular flexibility index (Phi) is 2.27. The highest BCUT2D eigenvalue weighted by Crippen LogP contribution is 2.13. The predicted octanol–water partition coefficient (Wildman–Crippen LogP) is 1.43.